The highest BCUT2D eigenvalue weighted by atomic mass is 16.3. The van der Waals surface area contributed by atoms with Gasteiger partial charge in [0.15, 0.2) is 0 Å². The molecule has 0 saturated carbocycles. The molecule has 0 aliphatic rings. The van der Waals surface area contributed by atoms with Gasteiger partial charge in [0.1, 0.15) is 11.5 Å². The largest absolute Gasteiger partial charge is 0.465 e. The fourth-order valence-electron chi connectivity index (χ4n) is 2.43. The van der Waals surface area contributed by atoms with Crippen LogP contribution >= 0.6 is 0 Å². The minimum Gasteiger partial charge on any atom is -0.465 e. The maximum atomic E-state index is 5.66. The first-order valence-corrected chi connectivity index (χ1v) is 7.54. The normalized spacial score (nSPS) is 12.5. The zero-order valence-corrected chi connectivity index (χ0v) is 13.2. The van der Waals surface area contributed by atoms with E-state index < -0.39 is 0 Å². The molecule has 4 heteroatoms. The van der Waals surface area contributed by atoms with E-state index in [0.29, 0.717) is 0 Å². The topological polar surface area (TPSA) is 43.0 Å². The first-order valence-electron chi connectivity index (χ1n) is 7.54. The van der Waals surface area contributed by atoms with E-state index in [1.807, 2.05) is 48.9 Å². The lowest BCUT2D eigenvalue weighted by Gasteiger charge is -2.10. The molecule has 0 saturated heterocycles. The van der Waals surface area contributed by atoms with E-state index in [0.717, 1.165) is 29.4 Å². The van der Waals surface area contributed by atoms with Crippen molar-refractivity contribution in [1.82, 2.24) is 15.1 Å². The summed E-state index contributed by atoms with van der Waals surface area (Å²) in [5.74, 6) is 1.90. The van der Waals surface area contributed by atoms with Gasteiger partial charge < -0.3 is 9.73 Å². The van der Waals surface area contributed by atoms with Crippen molar-refractivity contribution in [1.29, 1.82) is 0 Å². The van der Waals surface area contributed by atoms with Crippen molar-refractivity contribution in [3.8, 4) is 5.69 Å². The van der Waals surface area contributed by atoms with Crippen LogP contribution in [-0.4, -0.2) is 9.78 Å². The van der Waals surface area contributed by atoms with Crippen LogP contribution in [-0.2, 0) is 6.54 Å². The summed E-state index contributed by atoms with van der Waals surface area (Å²) in [6, 6.07) is 14.3. The lowest BCUT2D eigenvalue weighted by molar-refractivity contribution is 0.415. The quantitative estimate of drug-likeness (QED) is 0.775. The molecule has 22 heavy (non-hydrogen) atoms. The molecule has 0 fully saturated rings. The van der Waals surface area contributed by atoms with Crippen LogP contribution in [0, 0.1) is 13.8 Å². The Morgan fingerprint density at radius 3 is 2.59 bits per heavy atom. The summed E-state index contributed by atoms with van der Waals surface area (Å²) in [4.78, 5) is 0. The zero-order chi connectivity index (χ0) is 15.5. The van der Waals surface area contributed by atoms with Crippen molar-refractivity contribution in [2.75, 3.05) is 0 Å². The summed E-state index contributed by atoms with van der Waals surface area (Å²) in [7, 11) is 0. The van der Waals surface area contributed by atoms with Gasteiger partial charge in [0.25, 0.3) is 0 Å². The second kappa shape index (κ2) is 6.20. The number of aryl methyl sites for hydroxylation is 2. The average Bonchev–Trinajstić information content (AvgIpc) is 3.12. The SMILES string of the molecule is Cc1ccc(C(C)NCc2cn(-c3ccccc3)nc2C)o1. The van der Waals surface area contributed by atoms with Crippen LogP contribution in [0.3, 0.4) is 0 Å². The Labute approximate surface area is 130 Å². The van der Waals surface area contributed by atoms with Gasteiger partial charge in [-0.05, 0) is 45.0 Å². The number of hydrogen-bond donors (Lipinski definition) is 1. The second-order valence-corrected chi connectivity index (χ2v) is 5.57. The molecule has 3 rings (SSSR count). The first-order chi connectivity index (χ1) is 10.6. The van der Waals surface area contributed by atoms with Crippen molar-refractivity contribution in [3.63, 3.8) is 0 Å². The van der Waals surface area contributed by atoms with E-state index in [2.05, 4.69) is 35.7 Å². The third-order valence-electron chi connectivity index (χ3n) is 3.81. The highest BCUT2D eigenvalue weighted by Gasteiger charge is 2.11. The molecule has 2 aromatic heterocycles. The number of nitrogens with one attached hydrogen (secondary N) is 1. The van der Waals surface area contributed by atoms with Crippen LogP contribution in [0.25, 0.3) is 5.69 Å². The van der Waals surface area contributed by atoms with Crippen molar-refractivity contribution >= 4 is 0 Å². The Bertz CT molecular complexity index is 743. The Hall–Kier alpha value is -2.33. The lowest BCUT2D eigenvalue weighted by Crippen LogP contribution is -2.17. The number of para-hydroxylation sites is 1. The van der Waals surface area contributed by atoms with Crippen LogP contribution in [0.15, 0.2) is 53.1 Å². The van der Waals surface area contributed by atoms with Crippen molar-refractivity contribution < 1.29 is 4.42 Å². The van der Waals surface area contributed by atoms with Crippen molar-refractivity contribution in [3.05, 3.63) is 71.4 Å². The molecule has 4 nitrogen and oxygen atoms in total. The minimum atomic E-state index is 0.174. The summed E-state index contributed by atoms with van der Waals surface area (Å²) in [5, 5.41) is 8.08. The zero-order valence-electron chi connectivity index (χ0n) is 13.2. The fraction of sp³-hybridized carbons (Fsp3) is 0.278. The molecule has 0 bridgehead atoms. The highest BCUT2D eigenvalue weighted by molar-refractivity contribution is 5.32. The van der Waals surface area contributed by atoms with E-state index in [1.165, 1.54) is 5.56 Å². The Balaban J connectivity index is 1.69. The van der Waals surface area contributed by atoms with E-state index in [-0.39, 0.29) is 6.04 Å². The third kappa shape index (κ3) is 3.12. The number of furan rings is 1. The molecule has 1 atom stereocenters. The van der Waals surface area contributed by atoms with Gasteiger partial charge in [-0.3, -0.25) is 0 Å². The van der Waals surface area contributed by atoms with E-state index in [4.69, 9.17) is 4.42 Å². The van der Waals surface area contributed by atoms with Crippen molar-refractivity contribution in [2.45, 2.75) is 33.4 Å². The first kappa shape index (κ1) is 14.6. The number of rotatable bonds is 5. The number of hydrogen-bond acceptors (Lipinski definition) is 3. The number of nitrogens with zero attached hydrogens (tertiary/aromatic N) is 2. The molecule has 0 radical (unpaired) electrons. The van der Waals surface area contributed by atoms with Crippen LogP contribution in [0.5, 0.6) is 0 Å². The van der Waals surface area contributed by atoms with Crippen LogP contribution in [0.4, 0.5) is 0 Å². The predicted octanol–water partition coefficient (Wildman–Crippen LogP) is 3.93. The van der Waals surface area contributed by atoms with Crippen LogP contribution in [0.1, 0.15) is 35.7 Å². The van der Waals surface area contributed by atoms with Crippen LogP contribution in [0.2, 0.25) is 0 Å². The molecular weight excluding hydrogens is 274 g/mol. The molecule has 0 spiro atoms. The molecule has 114 valence electrons. The lowest BCUT2D eigenvalue weighted by atomic mass is 10.2. The smallest absolute Gasteiger partial charge is 0.120 e. The van der Waals surface area contributed by atoms with Gasteiger partial charge in [0, 0.05) is 18.3 Å². The Morgan fingerprint density at radius 2 is 1.91 bits per heavy atom. The summed E-state index contributed by atoms with van der Waals surface area (Å²) >= 11 is 0. The Kier molecular flexibility index (Phi) is 4.11. The molecular formula is C18H21N3O. The molecule has 0 aliphatic heterocycles. The number of benzene rings is 1. The molecule has 1 N–H and O–H groups in total. The van der Waals surface area contributed by atoms with Gasteiger partial charge in [0.2, 0.25) is 0 Å². The van der Waals surface area contributed by atoms with Crippen molar-refractivity contribution in [2.24, 2.45) is 0 Å². The summed E-state index contributed by atoms with van der Waals surface area (Å²) < 4.78 is 7.58. The van der Waals surface area contributed by atoms with Gasteiger partial charge in [-0.2, -0.15) is 5.10 Å². The second-order valence-electron chi connectivity index (χ2n) is 5.57. The molecule has 3 aromatic rings. The van der Waals surface area contributed by atoms with E-state index >= 15 is 0 Å². The van der Waals surface area contributed by atoms with Gasteiger partial charge in [0.05, 0.1) is 17.4 Å². The molecule has 1 unspecified atom stereocenters. The molecule has 0 amide bonds. The summed E-state index contributed by atoms with van der Waals surface area (Å²) in [6.07, 6.45) is 2.08. The standard InChI is InChI=1S/C18H21N3O/c1-13-9-10-18(22-13)15(3)19-11-16-12-21(20-14(16)2)17-7-5-4-6-8-17/h4-10,12,15,19H,11H2,1-3H3. The van der Waals surface area contributed by atoms with Crippen LogP contribution < -0.4 is 5.32 Å². The third-order valence-corrected chi connectivity index (χ3v) is 3.81. The minimum absolute atomic E-state index is 0.174. The summed E-state index contributed by atoms with van der Waals surface area (Å²) in [5.41, 5.74) is 3.31. The monoisotopic (exact) mass is 295 g/mol. The number of aromatic nitrogens is 2. The molecule has 1 aromatic carbocycles. The summed E-state index contributed by atoms with van der Waals surface area (Å²) in [6.45, 7) is 6.87. The van der Waals surface area contributed by atoms with Gasteiger partial charge in [-0.1, -0.05) is 18.2 Å². The predicted molar refractivity (Wildman–Crippen MR) is 87.0 cm³/mol. The maximum Gasteiger partial charge on any atom is 0.120 e. The van der Waals surface area contributed by atoms with Gasteiger partial charge in [-0.25, -0.2) is 4.68 Å². The van der Waals surface area contributed by atoms with E-state index in [9.17, 15) is 0 Å². The van der Waals surface area contributed by atoms with Gasteiger partial charge in [-0.15, -0.1) is 0 Å². The average molecular weight is 295 g/mol. The highest BCUT2D eigenvalue weighted by Crippen LogP contribution is 2.17. The molecule has 0 aliphatic carbocycles. The Morgan fingerprint density at radius 1 is 1.14 bits per heavy atom. The molecule has 2 heterocycles. The fourth-order valence-corrected chi connectivity index (χ4v) is 2.43. The van der Waals surface area contributed by atoms with E-state index in [1.54, 1.807) is 0 Å². The van der Waals surface area contributed by atoms with Gasteiger partial charge >= 0.3 is 0 Å². The maximum absolute atomic E-state index is 5.66.